The van der Waals surface area contributed by atoms with Gasteiger partial charge in [-0.25, -0.2) is 4.99 Å². The van der Waals surface area contributed by atoms with Crippen molar-refractivity contribution >= 4 is 22.6 Å². The van der Waals surface area contributed by atoms with Gasteiger partial charge in [0.25, 0.3) is 0 Å². The Bertz CT molecular complexity index is 724. The molecule has 1 saturated heterocycles. The molecule has 140 valence electrons. The fourth-order valence-electron chi connectivity index (χ4n) is 3.93. The first-order valence-electron chi connectivity index (χ1n) is 9.54. The summed E-state index contributed by atoms with van der Waals surface area (Å²) in [7, 11) is 0. The van der Waals surface area contributed by atoms with Crippen LogP contribution in [-0.4, -0.2) is 39.1 Å². The lowest BCUT2D eigenvalue weighted by atomic mass is 9.85. The smallest absolute Gasteiger partial charge is 0.165 e. The Morgan fingerprint density at radius 2 is 2.00 bits per heavy atom. The van der Waals surface area contributed by atoms with E-state index < -0.39 is 0 Å². The molecule has 0 radical (unpaired) electrons. The van der Waals surface area contributed by atoms with Crippen molar-refractivity contribution in [3.8, 4) is 6.07 Å². The third-order valence-corrected chi connectivity index (χ3v) is 6.45. The van der Waals surface area contributed by atoms with Crippen molar-refractivity contribution in [3.63, 3.8) is 0 Å². The van der Waals surface area contributed by atoms with E-state index in [2.05, 4.69) is 31.7 Å². The van der Waals surface area contributed by atoms with E-state index >= 15 is 0 Å². The van der Waals surface area contributed by atoms with Crippen molar-refractivity contribution < 1.29 is 5.11 Å². The van der Waals surface area contributed by atoms with Crippen LogP contribution in [0.15, 0.2) is 23.2 Å². The zero-order valence-electron chi connectivity index (χ0n) is 16.2. The molecule has 1 saturated carbocycles. The Morgan fingerprint density at radius 1 is 1.31 bits per heavy atom. The highest BCUT2D eigenvalue weighted by atomic mass is 32.2. The average Bonchev–Trinajstić information content (AvgIpc) is 3.23. The molecule has 0 aromatic heterocycles. The molecule has 1 heterocycles. The molecular formula is C21H29N3OS. The second-order valence-corrected chi connectivity index (χ2v) is 9.44. The van der Waals surface area contributed by atoms with E-state index in [-0.39, 0.29) is 17.6 Å². The quantitative estimate of drug-likeness (QED) is 0.844. The number of rotatable bonds is 3. The molecule has 1 aliphatic carbocycles. The molecule has 26 heavy (non-hydrogen) atoms. The minimum atomic E-state index is -0.362. The molecule has 2 fully saturated rings. The summed E-state index contributed by atoms with van der Waals surface area (Å²) in [5, 5.41) is 20.6. The summed E-state index contributed by atoms with van der Waals surface area (Å²) >= 11 is 1.75. The van der Waals surface area contributed by atoms with Gasteiger partial charge in [0, 0.05) is 11.8 Å². The van der Waals surface area contributed by atoms with Gasteiger partial charge in [-0.1, -0.05) is 45.4 Å². The summed E-state index contributed by atoms with van der Waals surface area (Å²) < 4.78 is 0. The van der Waals surface area contributed by atoms with Gasteiger partial charge in [0.15, 0.2) is 5.17 Å². The van der Waals surface area contributed by atoms with Crippen LogP contribution < -0.4 is 0 Å². The minimum Gasteiger partial charge on any atom is -0.391 e. The van der Waals surface area contributed by atoms with Crippen LogP contribution in [0.1, 0.15) is 64.5 Å². The monoisotopic (exact) mass is 371 g/mol. The van der Waals surface area contributed by atoms with Crippen LogP contribution in [0.4, 0.5) is 5.69 Å². The molecule has 0 spiro atoms. The van der Waals surface area contributed by atoms with Gasteiger partial charge in [-0.15, -0.1) is 0 Å². The number of benzene rings is 1. The number of hydrogen-bond donors (Lipinski definition) is 1. The van der Waals surface area contributed by atoms with Crippen molar-refractivity contribution in [1.29, 1.82) is 5.26 Å². The maximum atomic E-state index is 10.3. The van der Waals surface area contributed by atoms with Crippen LogP contribution in [0.2, 0.25) is 0 Å². The van der Waals surface area contributed by atoms with Crippen molar-refractivity contribution in [1.82, 2.24) is 4.90 Å². The molecule has 1 aliphatic heterocycles. The molecule has 0 unspecified atom stereocenters. The number of hydrogen-bond acceptors (Lipinski definition) is 4. The third-order valence-electron chi connectivity index (χ3n) is 5.39. The number of nitriles is 1. The summed E-state index contributed by atoms with van der Waals surface area (Å²) in [5.41, 5.74) is 2.62. The van der Waals surface area contributed by atoms with Crippen LogP contribution in [0.3, 0.4) is 0 Å². The van der Waals surface area contributed by atoms with E-state index in [1.54, 1.807) is 11.8 Å². The summed E-state index contributed by atoms with van der Waals surface area (Å²) in [4.78, 5) is 7.43. The Morgan fingerprint density at radius 3 is 2.58 bits per heavy atom. The second-order valence-electron chi connectivity index (χ2n) is 8.45. The van der Waals surface area contributed by atoms with Crippen molar-refractivity contribution in [2.75, 3.05) is 5.75 Å². The lowest BCUT2D eigenvalue weighted by Crippen LogP contribution is -2.46. The predicted molar refractivity (Wildman–Crippen MR) is 109 cm³/mol. The van der Waals surface area contributed by atoms with E-state index in [1.807, 2.05) is 25.1 Å². The van der Waals surface area contributed by atoms with Gasteiger partial charge in [-0.3, -0.25) is 0 Å². The fraction of sp³-hybridized carbons (Fsp3) is 0.619. The van der Waals surface area contributed by atoms with Gasteiger partial charge in [-0.2, -0.15) is 5.26 Å². The molecule has 0 bridgehead atoms. The Hall–Kier alpha value is -1.51. The van der Waals surface area contributed by atoms with Crippen LogP contribution in [0.25, 0.3) is 0 Å². The lowest BCUT2D eigenvalue weighted by molar-refractivity contribution is 0.0976. The third kappa shape index (κ3) is 3.92. The molecule has 0 amide bonds. The van der Waals surface area contributed by atoms with Gasteiger partial charge in [-0.05, 0) is 48.9 Å². The lowest BCUT2D eigenvalue weighted by Gasteiger charge is -2.33. The maximum absolute atomic E-state index is 10.3. The van der Waals surface area contributed by atoms with Crippen LogP contribution in [0.5, 0.6) is 0 Å². The highest BCUT2D eigenvalue weighted by molar-refractivity contribution is 8.14. The fourth-order valence-corrected chi connectivity index (χ4v) is 5.29. The largest absolute Gasteiger partial charge is 0.391 e. The van der Waals surface area contributed by atoms with Gasteiger partial charge >= 0.3 is 0 Å². The van der Waals surface area contributed by atoms with E-state index in [4.69, 9.17) is 4.99 Å². The number of amidine groups is 1. The molecule has 3 rings (SSSR count). The summed E-state index contributed by atoms with van der Waals surface area (Å²) in [5.74, 6) is 0.883. The van der Waals surface area contributed by atoms with Gasteiger partial charge in [0.1, 0.15) is 0 Å². The highest BCUT2D eigenvalue weighted by Gasteiger charge is 2.39. The number of nitrogens with zero attached hydrogens (tertiary/aromatic N) is 3. The first-order chi connectivity index (χ1) is 12.3. The summed E-state index contributed by atoms with van der Waals surface area (Å²) in [6.45, 7) is 8.35. The summed E-state index contributed by atoms with van der Waals surface area (Å²) in [6.07, 6.45) is 4.52. The SMILES string of the molecule is C[C@@H](O)[C@@H]1CSC(=Nc2ccc(C#N)cc2C(C)(C)C)N1C1CCCC1. The zero-order chi connectivity index (χ0) is 18.9. The number of thioether (sulfide) groups is 1. The van der Waals surface area contributed by atoms with Crippen molar-refractivity contribution in [3.05, 3.63) is 29.3 Å². The first-order valence-corrected chi connectivity index (χ1v) is 10.5. The predicted octanol–water partition coefficient (Wildman–Crippen LogP) is 4.58. The molecule has 1 aromatic rings. The summed E-state index contributed by atoms with van der Waals surface area (Å²) in [6, 6.07) is 8.64. The molecule has 5 heteroatoms. The number of aliphatic hydroxyl groups excluding tert-OH is 1. The van der Waals surface area contributed by atoms with Crippen LogP contribution in [0, 0.1) is 11.3 Å². The zero-order valence-corrected chi connectivity index (χ0v) is 17.0. The Labute approximate surface area is 161 Å². The molecular weight excluding hydrogens is 342 g/mol. The first kappa shape index (κ1) is 19.3. The molecule has 1 N–H and O–H groups in total. The van der Waals surface area contributed by atoms with Crippen molar-refractivity contribution in [2.45, 2.75) is 77.0 Å². The van der Waals surface area contributed by atoms with Gasteiger partial charge in [0.2, 0.25) is 0 Å². The topological polar surface area (TPSA) is 59.6 Å². The van der Waals surface area contributed by atoms with Gasteiger partial charge < -0.3 is 10.0 Å². The maximum Gasteiger partial charge on any atom is 0.165 e. The van der Waals surface area contributed by atoms with E-state index in [1.165, 1.54) is 25.7 Å². The Kier molecular flexibility index (Phi) is 5.64. The highest BCUT2D eigenvalue weighted by Crippen LogP contribution is 2.38. The Balaban J connectivity index is 2.01. The molecule has 4 nitrogen and oxygen atoms in total. The standard InChI is InChI=1S/C21H29N3OS/c1-14(25)19-13-26-20(24(19)16-7-5-6-8-16)23-18-10-9-15(12-22)11-17(18)21(2,3)4/h9-11,14,16,19,25H,5-8,13H2,1-4H3/t14-,19+/m1/s1. The van der Waals surface area contributed by atoms with E-state index in [0.717, 1.165) is 22.2 Å². The minimum absolute atomic E-state index is 0.0859. The van der Waals surface area contributed by atoms with Crippen LogP contribution >= 0.6 is 11.8 Å². The molecule has 1 aromatic carbocycles. The van der Waals surface area contributed by atoms with Crippen molar-refractivity contribution in [2.24, 2.45) is 4.99 Å². The van der Waals surface area contributed by atoms with Gasteiger partial charge in [0.05, 0.1) is 29.5 Å². The van der Waals surface area contributed by atoms with E-state index in [9.17, 15) is 10.4 Å². The molecule has 2 atom stereocenters. The second kappa shape index (κ2) is 7.62. The number of aliphatic hydroxyl groups is 1. The molecule has 2 aliphatic rings. The number of aliphatic imine (C=N–C) groups is 1. The van der Waals surface area contributed by atoms with Crippen LogP contribution in [-0.2, 0) is 5.41 Å². The van der Waals surface area contributed by atoms with E-state index in [0.29, 0.717) is 11.6 Å². The average molecular weight is 372 g/mol. The normalized spacial score (nSPS) is 24.2.